The summed E-state index contributed by atoms with van der Waals surface area (Å²) in [7, 11) is 0. The number of hydrogen-bond donors (Lipinski definition) is 0. The van der Waals surface area contributed by atoms with Crippen molar-refractivity contribution in [2.24, 2.45) is 5.92 Å². The van der Waals surface area contributed by atoms with Crippen molar-refractivity contribution in [2.75, 3.05) is 0 Å². The first-order valence-corrected chi connectivity index (χ1v) is 6.45. The van der Waals surface area contributed by atoms with Gasteiger partial charge < -0.3 is 0 Å². The molecule has 0 aromatic heterocycles. The molecule has 0 radical (unpaired) electrons. The Morgan fingerprint density at radius 2 is 1.75 bits per heavy atom. The van der Waals surface area contributed by atoms with Gasteiger partial charge in [0.15, 0.2) is 5.83 Å². The summed E-state index contributed by atoms with van der Waals surface area (Å²) >= 11 is 0. The lowest BCUT2D eigenvalue weighted by molar-refractivity contribution is 0.388. The van der Waals surface area contributed by atoms with Crippen molar-refractivity contribution in [3.63, 3.8) is 0 Å². The van der Waals surface area contributed by atoms with E-state index in [9.17, 15) is 8.78 Å². The van der Waals surface area contributed by atoms with Crippen LogP contribution in [0, 0.1) is 5.92 Å². The predicted octanol–water partition coefficient (Wildman–Crippen LogP) is 5.46. The predicted molar refractivity (Wildman–Crippen MR) is 64.5 cm³/mol. The number of rotatable bonds is 4. The van der Waals surface area contributed by atoms with Crippen LogP contribution in [-0.2, 0) is 0 Å². The summed E-state index contributed by atoms with van der Waals surface area (Å²) in [5.74, 6) is -0.937. The lowest BCUT2D eigenvalue weighted by atomic mass is 9.82. The second-order valence-electron chi connectivity index (χ2n) is 4.48. The van der Waals surface area contributed by atoms with E-state index in [1.165, 1.54) is 6.42 Å². The highest BCUT2D eigenvalue weighted by molar-refractivity contribution is 5.30. The third-order valence-corrected chi connectivity index (χ3v) is 3.27. The zero-order chi connectivity index (χ0) is 12.0. The molecule has 0 aromatic carbocycles. The van der Waals surface area contributed by atoms with E-state index in [4.69, 9.17) is 0 Å². The van der Waals surface area contributed by atoms with Gasteiger partial charge in [0, 0.05) is 0 Å². The minimum atomic E-state index is -0.592. The van der Waals surface area contributed by atoms with Crippen LogP contribution in [0.3, 0.4) is 0 Å². The van der Waals surface area contributed by atoms with E-state index in [0.717, 1.165) is 32.1 Å². The molecule has 0 heterocycles. The molecule has 1 saturated carbocycles. The highest BCUT2D eigenvalue weighted by Crippen LogP contribution is 2.35. The highest BCUT2D eigenvalue weighted by atomic mass is 19.2. The molecular formula is C14H22F2. The third kappa shape index (κ3) is 3.43. The molecule has 1 rings (SSSR count). The number of hydrogen-bond acceptors (Lipinski definition) is 0. The van der Waals surface area contributed by atoms with Crippen molar-refractivity contribution in [3.05, 3.63) is 23.3 Å². The third-order valence-electron chi connectivity index (χ3n) is 3.27. The minimum Gasteiger partial charge on any atom is -0.209 e. The molecule has 0 aromatic rings. The van der Waals surface area contributed by atoms with Gasteiger partial charge in [0.2, 0.25) is 0 Å². The van der Waals surface area contributed by atoms with Gasteiger partial charge in [-0.1, -0.05) is 39.2 Å². The van der Waals surface area contributed by atoms with E-state index < -0.39 is 11.7 Å². The highest BCUT2D eigenvalue weighted by Gasteiger charge is 2.22. The first-order chi connectivity index (χ1) is 7.70. The standard InChI is InChI=1S/C14H22F2/c1-3-8-12(14(16)13(15)4-2)11-9-6-5-7-10-11/h8,11H,3-7,9-10H2,1-2H3/b12-8-,14-13-. The number of allylic oxidation sites excluding steroid dienone is 4. The quantitative estimate of drug-likeness (QED) is 0.560. The van der Waals surface area contributed by atoms with Crippen LogP contribution >= 0.6 is 0 Å². The zero-order valence-electron chi connectivity index (χ0n) is 10.4. The molecule has 1 fully saturated rings. The van der Waals surface area contributed by atoms with Gasteiger partial charge in [0.25, 0.3) is 0 Å². The first-order valence-electron chi connectivity index (χ1n) is 6.45. The van der Waals surface area contributed by atoms with Crippen molar-refractivity contribution in [2.45, 2.75) is 58.8 Å². The molecular weight excluding hydrogens is 206 g/mol. The summed E-state index contributed by atoms with van der Waals surface area (Å²) in [6, 6.07) is 0. The zero-order valence-corrected chi connectivity index (χ0v) is 10.4. The van der Waals surface area contributed by atoms with Gasteiger partial charge >= 0.3 is 0 Å². The maximum Gasteiger partial charge on any atom is 0.157 e. The Labute approximate surface area is 97.4 Å². The molecule has 0 spiro atoms. The molecule has 0 saturated heterocycles. The van der Waals surface area contributed by atoms with Crippen LogP contribution in [0.4, 0.5) is 8.78 Å². The van der Waals surface area contributed by atoms with Crippen molar-refractivity contribution >= 4 is 0 Å². The number of halogens is 2. The Balaban J connectivity index is 2.86. The van der Waals surface area contributed by atoms with Crippen LogP contribution in [0.5, 0.6) is 0 Å². The lowest BCUT2D eigenvalue weighted by Gasteiger charge is -2.24. The molecule has 92 valence electrons. The van der Waals surface area contributed by atoms with Crippen molar-refractivity contribution in [3.8, 4) is 0 Å². The summed E-state index contributed by atoms with van der Waals surface area (Å²) in [5, 5.41) is 0. The van der Waals surface area contributed by atoms with Crippen LogP contribution < -0.4 is 0 Å². The molecule has 0 bridgehead atoms. The monoisotopic (exact) mass is 228 g/mol. The van der Waals surface area contributed by atoms with Gasteiger partial charge in [-0.2, -0.15) is 0 Å². The fraction of sp³-hybridized carbons (Fsp3) is 0.714. The molecule has 1 aliphatic carbocycles. The summed E-state index contributed by atoms with van der Waals surface area (Å²) in [5.41, 5.74) is 0.626. The summed E-state index contributed by atoms with van der Waals surface area (Å²) < 4.78 is 27.2. The average Bonchev–Trinajstić information content (AvgIpc) is 2.35. The average molecular weight is 228 g/mol. The van der Waals surface area contributed by atoms with Gasteiger partial charge in [-0.15, -0.1) is 0 Å². The van der Waals surface area contributed by atoms with E-state index in [2.05, 4.69) is 0 Å². The second-order valence-corrected chi connectivity index (χ2v) is 4.48. The molecule has 1 aliphatic rings. The van der Waals surface area contributed by atoms with E-state index in [-0.39, 0.29) is 12.3 Å². The van der Waals surface area contributed by atoms with Crippen LogP contribution in [-0.4, -0.2) is 0 Å². The van der Waals surface area contributed by atoms with Gasteiger partial charge in [0.05, 0.1) is 0 Å². The fourth-order valence-corrected chi connectivity index (χ4v) is 2.38. The molecule has 0 amide bonds. The molecule has 0 aliphatic heterocycles. The minimum absolute atomic E-state index is 0.152. The van der Waals surface area contributed by atoms with E-state index >= 15 is 0 Å². The molecule has 0 nitrogen and oxygen atoms in total. The van der Waals surface area contributed by atoms with E-state index in [0.29, 0.717) is 5.57 Å². The van der Waals surface area contributed by atoms with Gasteiger partial charge in [0.1, 0.15) is 5.83 Å². The van der Waals surface area contributed by atoms with Crippen LogP contribution in [0.25, 0.3) is 0 Å². The maximum absolute atomic E-state index is 13.9. The second kappa shape index (κ2) is 6.82. The molecule has 0 atom stereocenters. The first kappa shape index (κ1) is 13.4. The Kier molecular flexibility index (Phi) is 5.72. The van der Waals surface area contributed by atoms with E-state index in [1.54, 1.807) is 6.92 Å². The normalized spacial score (nSPS) is 20.9. The Morgan fingerprint density at radius 3 is 2.25 bits per heavy atom. The fourth-order valence-electron chi connectivity index (χ4n) is 2.38. The Hall–Kier alpha value is -0.660. The van der Waals surface area contributed by atoms with Crippen LogP contribution in [0.2, 0.25) is 0 Å². The van der Waals surface area contributed by atoms with Gasteiger partial charge in [-0.05, 0) is 37.2 Å². The Bertz CT molecular complexity index is 270. The summed E-state index contributed by atoms with van der Waals surface area (Å²) in [6.45, 7) is 3.62. The molecule has 0 unspecified atom stereocenters. The smallest absolute Gasteiger partial charge is 0.157 e. The summed E-state index contributed by atoms with van der Waals surface area (Å²) in [4.78, 5) is 0. The Morgan fingerprint density at radius 1 is 1.12 bits per heavy atom. The van der Waals surface area contributed by atoms with Gasteiger partial charge in [-0.25, -0.2) is 8.78 Å². The van der Waals surface area contributed by atoms with Gasteiger partial charge in [-0.3, -0.25) is 0 Å². The van der Waals surface area contributed by atoms with Crippen molar-refractivity contribution in [1.29, 1.82) is 0 Å². The molecule has 0 N–H and O–H groups in total. The summed E-state index contributed by atoms with van der Waals surface area (Å²) in [6.07, 6.45) is 8.33. The maximum atomic E-state index is 13.9. The van der Waals surface area contributed by atoms with Crippen molar-refractivity contribution < 1.29 is 8.78 Å². The van der Waals surface area contributed by atoms with Crippen LogP contribution in [0.1, 0.15) is 58.8 Å². The molecule has 16 heavy (non-hydrogen) atoms. The SMILES string of the molecule is CC/C=C(\C(F)=C(\F)CC)C1CCCCC1. The van der Waals surface area contributed by atoms with Crippen LogP contribution in [0.15, 0.2) is 23.3 Å². The largest absolute Gasteiger partial charge is 0.209 e. The lowest BCUT2D eigenvalue weighted by Crippen LogP contribution is -2.10. The topological polar surface area (TPSA) is 0 Å². The molecule has 2 heteroatoms. The van der Waals surface area contributed by atoms with E-state index in [1.807, 2.05) is 13.0 Å². The van der Waals surface area contributed by atoms with Crippen molar-refractivity contribution in [1.82, 2.24) is 0 Å².